The van der Waals surface area contributed by atoms with Crippen molar-refractivity contribution in [3.05, 3.63) is 112 Å². The zero-order valence-electron chi connectivity index (χ0n) is 53.3. The van der Waals surface area contributed by atoms with Crippen molar-refractivity contribution < 1.29 is 87.3 Å². The Bertz CT molecular complexity index is 4550. The number of benzene rings is 1. The second kappa shape index (κ2) is 28.4. The van der Waals surface area contributed by atoms with Crippen LogP contribution < -0.4 is 37.6 Å². The van der Waals surface area contributed by atoms with Crippen molar-refractivity contribution in [2.45, 2.75) is 114 Å². The zero-order chi connectivity index (χ0) is 70.5. The molecule has 12 rings (SSSR count). The number of methoxy groups -OCH3 is 1. The first kappa shape index (κ1) is 69.4. The van der Waals surface area contributed by atoms with Gasteiger partial charge in [-0.1, -0.05) is 12.1 Å². The van der Waals surface area contributed by atoms with E-state index in [-0.39, 0.29) is 106 Å². The lowest BCUT2D eigenvalue weighted by Gasteiger charge is -2.48. The Morgan fingerprint density at radius 3 is 2.25 bits per heavy atom. The standard InChI is InChI=1S/C61H63N15O18S5/c1-23(77)40-52(83)73-41(24(2)89-7)55-69-34(22-98-55)51(82)74-44-46-47(94-38-12-61(4,87)48(75(5)6)25(3)93-38)59(85)91-15-26-9-8-10-35-39(26)29(16-90-46)45(76(35)88)58(84)92-17-30(66-49(80)32-21-99-57(44)70-32)54-67-31(19-97-54)42-28(53-68-33(20-96-53)50(81)72-40)11-36(78)43(71-42)56-65-27(18-95-56)13-63-37(79)14-64-60(62)86/h8-11,18-23,25,30,38,40,44,46-48,77-78,87-88H,12-17H2,1-7H3,(H,63,79)(H,66,80)(H,72,81)(H,73,83)(H,74,82)(H3,62,64,86)/b41-24+. The summed E-state index contributed by atoms with van der Waals surface area (Å²) in [6.45, 7) is 3.78. The lowest BCUT2D eigenvalue weighted by Crippen LogP contribution is -2.62. The number of allylic oxidation sites excluding steroid dienone is 1. The molecule has 7 amide bonds. The molecule has 10 unspecified atom stereocenters. The van der Waals surface area contributed by atoms with Crippen molar-refractivity contribution in [2.24, 2.45) is 5.73 Å². The highest BCUT2D eigenvalue weighted by atomic mass is 32.1. The highest BCUT2D eigenvalue weighted by Gasteiger charge is 2.50. The van der Waals surface area contributed by atoms with Gasteiger partial charge in [-0.05, 0) is 59.5 Å². The van der Waals surface area contributed by atoms with Gasteiger partial charge in [0.1, 0.15) is 114 Å². The number of aromatic nitrogens is 7. The molecule has 1 fully saturated rings. The smallest absolute Gasteiger partial charge is 0.358 e. The Labute approximate surface area is 580 Å². The Hall–Kier alpha value is -9.48. The second-order valence-electron chi connectivity index (χ2n) is 23.6. The van der Waals surface area contributed by atoms with Crippen LogP contribution in [0.25, 0.3) is 49.3 Å². The number of nitrogens with one attached hydrogen (secondary N) is 6. The van der Waals surface area contributed by atoms with Gasteiger partial charge in [-0.15, -0.1) is 56.7 Å². The highest BCUT2D eigenvalue weighted by Crippen LogP contribution is 2.43. The molecule has 0 radical (unpaired) electrons. The topological polar surface area (TPSA) is 457 Å². The summed E-state index contributed by atoms with van der Waals surface area (Å²) in [5.74, 6) is -6.83. The van der Waals surface area contributed by atoms with Gasteiger partial charge < -0.3 is 91.5 Å². The molecule has 0 saturated carbocycles. The van der Waals surface area contributed by atoms with Gasteiger partial charge in [-0.2, -0.15) is 4.73 Å². The van der Waals surface area contributed by atoms with E-state index in [0.29, 0.717) is 16.0 Å². The van der Waals surface area contributed by atoms with Gasteiger partial charge in [-0.3, -0.25) is 24.0 Å². The van der Waals surface area contributed by atoms with E-state index in [2.05, 4.69) is 46.9 Å². The molecule has 520 valence electrons. The number of likely N-dealkylation sites (N-methyl/N-ethyl adjacent to an activating group) is 1. The maximum Gasteiger partial charge on any atom is 0.358 e. The molecule has 4 aliphatic heterocycles. The molecule has 38 heteroatoms. The summed E-state index contributed by atoms with van der Waals surface area (Å²) < 4.78 is 38.2. The molecular formula is C61H63N15O18S5. The Kier molecular flexibility index (Phi) is 19.9. The van der Waals surface area contributed by atoms with E-state index in [1.165, 1.54) is 49.2 Å². The SMILES string of the molecule is CO/C(C)=C1/NC(=O)C(C(C)O)NC(=O)c2csc(n2)-c2cc(O)c(-c3nc(CNC(=O)CNC(N)=O)cs3)nc2-c2csc(n2)C2COC(=O)c3c4c5c(cccc5n3O)COC(=O)C(OC3CC(C)(O)C(N(C)C)C(C)O3)C(OC4)C(NC(=O)c3csc1n3)c1nc(cs1)C(=O)N2. The van der Waals surface area contributed by atoms with Gasteiger partial charge in [0.25, 0.3) is 17.7 Å². The van der Waals surface area contributed by atoms with E-state index >= 15 is 14.4 Å². The summed E-state index contributed by atoms with van der Waals surface area (Å²) >= 11 is 4.70. The zero-order valence-corrected chi connectivity index (χ0v) is 57.4. The van der Waals surface area contributed by atoms with Crippen LogP contribution in [0.5, 0.6) is 5.75 Å². The van der Waals surface area contributed by atoms with Crippen molar-refractivity contribution in [1.82, 2.24) is 71.4 Å². The number of carbonyl (C=O) groups excluding carboxylic acids is 8. The van der Waals surface area contributed by atoms with Crippen molar-refractivity contribution in [1.29, 1.82) is 0 Å². The average Bonchev–Trinajstić information content (AvgIpc) is 1.64. The fraction of sp³-hybridized carbons (Fsp3) is 0.377. The molecule has 0 aliphatic carbocycles. The van der Waals surface area contributed by atoms with E-state index in [4.69, 9.17) is 49.1 Å². The number of thiazole rings is 5. The predicted octanol–water partition coefficient (Wildman–Crippen LogP) is 3.45. The van der Waals surface area contributed by atoms with Crippen LogP contribution in [0, 0.1) is 0 Å². The number of hydrogen-bond acceptors (Lipinski definition) is 30. The minimum absolute atomic E-state index is 0.0123. The summed E-state index contributed by atoms with van der Waals surface area (Å²) in [6, 6.07) is -0.148. The normalized spacial score (nSPS) is 23.9. The number of amides is 7. The largest absolute Gasteiger partial charge is 0.506 e. The molecular weight excluding hydrogens is 1390 g/mol. The first-order valence-electron chi connectivity index (χ1n) is 30.2. The number of hydrogen-bond donors (Lipinski definition) is 11. The van der Waals surface area contributed by atoms with E-state index < -0.39 is 146 Å². The predicted molar refractivity (Wildman–Crippen MR) is 354 cm³/mol. The van der Waals surface area contributed by atoms with Gasteiger partial charge in [0.05, 0.1) is 61.9 Å². The highest BCUT2D eigenvalue weighted by molar-refractivity contribution is 7.14. The monoisotopic (exact) mass is 1450 g/mol. The van der Waals surface area contributed by atoms with Crippen LogP contribution >= 0.6 is 56.7 Å². The number of rotatable bonds is 10. The summed E-state index contributed by atoms with van der Waals surface area (Å²) in [4.78, 5) is 143. The Balaban J connectivity index is 1.03. The van der Waals surface area contributed by atoms with Gasteiger partial charge in [0, 0.05) is 49.8 Å². The first-order chi connectivity index (χ1) is 47.2. The molecule has 12 N–H and O–H groups in total. The van der Waals surface area contributed by atoms with Gasteiger partial charge >= 0.3 is 18.0 Å². The molecule has 1 aromatic carbocycles. The lowest BCUT2D eigenvalue weighted by molar-refractivity contribution is -0.280. The summed E-state index contributed by atoms with van der Waals surface area (Å²) in [6.07, 6.45) is -7.52. The molecule has 1 saturated heterocycles. The number of fused-ring (bicyclic) bond motifs is 15. The minimum atomic E-state index is -1.91. The third kappa shape index (κ3) is 14.3. The number of urea groups is 1. The molecule has 10 atom stereocenters. The number of ether oxygens (including phenoxy) is 6. The summed E-state index contributed by atoms with van der Waals surface area (Å²) in [7, 11) is 4.85. The second-order valence-corrected chi connectivity index (χ2v) is 28.0. The number of pyridine rings is 1. The molecule has 7 aromatic heterocycles. The van der Waals surface area contributed by atoms with E-state index in [1.807, 2.05) is 0 Å². The molecule has 0 spiro atoms. The average molecular weight is 1450 g/mol. The van der Waals surface area contributed by atoms with Crippen LogP contribution in [0.1, 0.15) is 120 Å². The molecule has 33 nitrogen and oxygen atoms in total. The molecule has 12 bridgehead atoms. The number of aromatic hydroxyl groups is 1. The molecule has 11 heterocycles. The van der Waals surface area contributed by atoms with E-state index in [1.54, 1.807) is 55.7 Å². The number of primary amides is 1. The quantitative estimate of drug-likeness (QED) is 0.0530. The maximum absolute atomic E-state index is 15.2. The third-order valence-electron chi connectivity index (χ3n) is 16.5. The fourth-order valence-electron chi connectivity index (χ4n) is 11.9. The Morgan fingerprint density at radius 2 is 1.53 bits per heavy atom. The third-order valence-corrected chi connectivity index (χ3v) is 21.0. The number of aliphatic hydroxyl groups is 2. The van der Waals surface area contributed by atoms with E-state index in [0.717, 1.165) is 56.7 Å². The number of nitrogens with zero attached hydrogens (tertiary/aromatic N) is 8. The van der Waals surface area contributed by atoms with Crippen LogP contribution in [0.3, 0.4) is 0 Å². The first-order valence-corrected chi connectivity index (χ1v) is 34.6. The van der Waals surface area contributed by atoms with E-state index in [9.17, 15) is 44.5 Å². The molecule has 99 heavy (non-hydrogen) atoms. The number of nitrogens with two attached hydrogens (primary N) is 1. The van der Waals surface area contributed by atoms with Crippen LogP contribution in [-0.4, -0.2) is 190 Å². The van der Waals surface area contributed by atoms with Crippen molar-refractivity contribution in [2.75, 3.05) is 34.4 Å². The van der Waals surface area contributed by atoms with Gasteiger partial charge in [-0.25, -0.2) is 44.3 Å². The number of carbonyl (C=O) groups is 8. The maximum atomic E-state index is 15.2. The minimum Gasteiger partial charge on any atom is -0.506 e. The van der Waals surface area contributed by atoms with Gasteiger partial charge in [0.15, 0.2) is 18.1 Å². The molecule has 4 aliphatic rings. The fourth-order valence-corrected chi connectivity index (χ4v) is 16.1. The van der Waals surface area contributed by atoms with Crippen LogP contribution in [0.15, 0.2) is 56.9 Å². The number of esters is 2. The Morgan fingerprint density at radius 1 is 0.848 bits per heavy atom. The van der Waals surface area contributed by atoms with Crippen molar-refractivity contribution in [3.8, 4) is 38.4 Å². The van der Waals surface area contributed by atoms with Crippen LogP contribution in [-0.2, 0) is 62.6 Å². The lowest BCUT2D eigenvalue weighted by atomic mass is 9.85. The number of aliphatic hydroxyl groups excluding tert-OH is 1. The van der Waals surface area contributed by atoms with Crippen molar-refractivity contribution in [3.63, 3.8) is 0 Å². The summed E-state index contributed by atoms with van der Waals surface area (Å²) in [5, 5.41) is 70.6. The molecule has 8 aromatic rings. The number of cyclic esters (lactones) is 2. The summed E-state index contributed by atoms with van der Waals surface area (Å²) in [5.41, 5.74) is 3.15. The van der Waals surface area contributed by atoms with Crippen LogP contribution in [0.2, 0.25) is 0 Å². The van der Waals surface area contributed by atoms with Crippen LogP contribution in [0.4, 0.5) is 4.79 Å². The van der Waals surface area contributed by atoms with Gasteiger partial charge in [0.2, 0.25) is 11.8 Å². The van der Waals surface area contributed by atoms with Crippen molar-refractivity contribution >= 4 is 121 Å².